The maximum atomic E-state index is 12.1. The molecule has 4 rings (SSSR count). The minimum Gasteiger partial charge on any atom is -0.549 e. The Morgan fingerprint density at radius 1 is 1.04 bits per heavy atom. The topological polar surface area (TPSA) is 65.9 Å². The summed E-state index contributed by atoms with van der Waals surface area (Å²) in [5.74, 6) is -1.07. The Kier molecular flexibility index (Phi) is 2.75. The minimum absolute atomic E-state index is 0.351. The van der Waals surface area contributed by atoms with Crippen molar-refractivity contribution in [3.63, 3.8) is 0 Å². The van der Waals surface area contributed by atoms with E-state index in [9.17, 15) is 9.90 Å². The smallest absolute Gasteiger partial charge is 0.0906 e. The average Bonchev–Trinajstić information content (AvgIpc) is 2.75. The number of carboxylic acids is 1. The first kappa shape index (κ1) is 15.2. The van der Waals surface area contributed by atoms with Crippen molar-refractivity contribution in [3.8, 4) is 0 Å². The van der Waals surface area contributed by atoms with Crippen molar-refractivity contribution in [2.24, 2.45) is 5.41 Å². The van der Waals surface area contributed by atoms with Gasteiger partial charge in [0, 0.05) is 5.41 Å². The SMILES string of the molecule is CC1(C)[C@@]2(C)CC[C@]1(C(=O)[O-])c1nc3cc(Cl)c(Cl)cc3nc12. The zero-order valence-corrected chi connectivity index (χ0v) is 14.5. The predicted molar refractivity (Wildman–Crippen MR) is 86.6 cm³/mol. The Morgan fingerprint density at radius 3 is 2.09 bits per heavy atom. The molecule has 0 unspecified atom stereocenters. The molecule has 2 aliphatic rings. The molecule has 1 fully saturated rings. The molecule has 2 bridgehead atoms. The summed E-state index contributed by atoms with van der Waals surface area (Å²) in [5, 5.41) is 12.9. The zero-order chi connectivity index (χ0) is 16.8. The first-order valence-electron chi connectivity index (χ1n) is 7.54. The number of aromatic nitrogens is 2. The van der Waals surface area contributed by atoms with Crippen molar-refractivity contribution in [1.29, 1.82) is 0 Å². The number of rotatable bonds is 1. The van der Waals surface area contributed by atoms with Crippen molar-refractivity contribution in [3.05, 3.63) is 33.6 Å². The fourth-order valence-corrected chi connectivity index (χ4v) is 4.87. The van der Waals surface area contributed by atoms with Crippen LogP contribution in [-0.4, -0.2) is 15.9 Å². The summed E-state index contributed by atoms with van der Waals surface area (Å²) in [6.45, 7) is 6.02. The summed E-state index contributed by atoms with van der Waals surface area (Å²) in [6.07, 6.45) is 1.27. The van der Waals surface area contributed by atoms with E-state index in [-0.39, 0.29) is 5.41 Å². The Morgan fingerprint density at radius 2 is 1.57 bits per heavy atom. The summed E-state index contributed by atoms with van der Waals surface area (Å²) >= 11 is 12.2. The van der Waals surface area contributed by atoms with E-state index in [0.29, 0.717) is 33.2 Å². The monoisotopic (exact) mass is 349 g/mol. The normalized spacial score (nSPS) is 30.7. The van der Waals surface area contributed by atoms with Gasteiger partial charge in [-0.05, 0) is 30.4 Å². The molecule has 120 valence electrons. The van der Waals surface area contributed by atoms with Crippen molar-refractivity contribution < 1.29 is 9.90 Å². The van der Waals surface area contributed by atoms with Crippen LogP contribution in [0.4, 0.5) is 0 Å². The Balaban J connectivity index is 2.13. The van der Waals surface area contributed by atoms with Gasteiger partial charge in [-0.3, -0.25) is 0 Å². The van der Waals surface area contributed by atoms with Crippen LogP contribution in [0.1, 0.15) is 45.0 Å². The lowest BCUT2D eigenvalue weighted by molar-refractivity contribution is -0.317. The van der Waals surface area contributed by atoms with E-state index < -0.39 is 16.8 Å². The number of nitrogens with zero attached hydrogens (tertiary/aromatic N) is 2. The standard InChI is InChI=1S/C17H16Cl2N2O2/c1-15(2)16(3)4-5-17(15,14(22)23)13-12(16)20-10-6-8(18)9(19)7-11(10)21-13/h6-7H,4-5H2,1-3H3,(H,22,23)/p-1/t16-,17+/m0/s1. The summed E-state index contributed by atoms with van der Waals surface area (Å²) < 4.78 is 0. The van der Waals surface area contributed by atoms with Gasteiger partial charge in [-0.1, -0.05) is 44.0 Å². The van der Waals surface area contributed by atoms with Crippen LogP contribution in [0.5, 0.6) is 0 Å². The van der Waals surface area contributed by atoms with Crippen molar-refractivity contribution in [2.45, 2.75) is 44.4 Å². The number of hydrogen-bond acceptors (Lipinski definition) is 4. The fourth-order valence-electron chi connectivity index (χ4n) is 4.55. The number of fused-ring (bicyclic) bond motifs is 6. The second kappa shape index (κ2) is 4.17. The summed E-state index contributed by atoms with van der Waals surface area (Å²) in [7, 11) is 0. The highest BCUT2D eigenvalue weighted by Crippen LogP contribution is 2.69. The molecule has 2 atom stereocenters. The quantitative estimate of drug-likeness (QED) is 0.793. The van der Waals surface area contributed by atoms with Crippen LogP contribution in [0.25, 0.3) is 11.0 Å². The number of carboxylic acid groups (broad SMARTS) is 1. The lowest BCUT2D eigenvalue weighted by Gasteiger charge is -2.41. The van der Waals surface area contributed by atoms with Crippen molar-refractivity contribution in [1.82, 2.24) is 9.97 Å². The first-order valence-corrected chi connectivity index (χ1v) is 8.30. The van der Waals surface area contributed by atoms with Crippen LogP contribution in [0.2, 0.25) is 10.0 Å². The minimum atomic E-state index is -1.11. The van der Waals surface area contributed by atoms with Crippen LogP contribution in [0.3, 0.4) is 0 Å². The van der Waals surface area contributed by atoms with Crippen LogP contribution in [0.15, 0.2) is 12.1 Å². The number of hydrogen-bond donors (Lipinski definition) is 0. The number of halogens is 2. The molecule has 0 aliphatic heterocycles. The number of aliphatic carboxylic acids is 1. The van der Waals surface area contributed by atoms with Gasteiger partial charge in [0.15, 0.2) is 0 Å². The molecule has 1 saturated carbocycles. The lowest BCUT2D eigenvalue weighted by atomic mass is 9.64. The van der Waals surface area contributed by atoms with Gasteiger partial charge < -0.3 is 9.90 Å². The van der Waals surface area contributed by atoms with E-state index >= 15 is 0 Å². The van der Waals surface area contributed by atoms with Gasteiger partial charge in [-0.15, -0.1) is 0 Å². The lowest BCUT2D eigenvalue weighted by Crippen LogP contribution is -2.52. The molecular formula is C17H15Cl2N2O2-. The molecule has 0 saturated heterocycles. The van der Waals surface area contributed by atoms with Crippen LogP contribution >= 0.6 is 23.2 Å². The van der Waals surface area contributed by atoms with Crippen LogP contribution < -0.4 is 5.11 Å². The Labute approximate surface area is 143 Å². The van der Waals surface area contributed by atoms with E-state index in [1.54, 1.807) is 12.1 Å². The van der Waals surface area contributed by atoms with Gasteiger partial charge in [0.05, 0.1) is 43.9 Å². The number of benzene rings is 1. The van der Waals surface area contributed by atoms with Crippen LogP contribution in [-0.2, 0) is 15.6 Å². The molecule has 0 amide bonds. The van der Waals surface area contributed by atoms with Gasteiger partial charge >= 0.3 is 0 Å². The highest BCUT2D eigenvalue weighted by atomic mass is 35.5. The van der Waals surface area contributed by atoms with Gasteiger partial charge in [-0.25, -0.2) is 9.97 Å². The van der Waals surface area contributed by atoms with Gasteiger partial charge in [-0.2, -0.15) is 0 Å². The maximum absolute atomic E-state index is 12.1. The molecule has 23 heavy (non-hydrogen) atoms. The highest BCUT2D eigenvalue weighted by Gasteiger charge is 2.70. The highest BCUT2D eigenvalue weighted by molar-refractivity contribution is 6.42. The molecule has 0 radical (unpaired) electrons. The van der Waals surface area contributed by atoms with E-state index in [1.165, 1.54) is 0 Å². The van der Waals surface area contributed by atoms with Gasteiger partial charge in [0.25, 0.3) is 0 Å². The summed E-state index contributed by atoms with van der Waals surface area (Å²) in [4.78, 5) is 21.5. The third-order valence-electron chi connectivity index (χ3n) is 6.43. The average molecular weight is 350 g/mol. The zero-order valence-electron chi connectivity index (χ0n) is 13.0. The van der Waals surface area contributed by atoms with E-state index in [4.69, 9.17) is 28.2 Å². The Bertz CT molecular complexity index is 896. The molecular weight excluding hydrogens is 335 g/mol. The van der Waals surface area contributed by atoms with E-state index in [0.717, 1.165) is 12.1 Å². The predicted octanol–water partition coefficient (Wildman–Crippen LogP) is 3.02. The number of carbonyl (C=O) groups is 1. The molecule has 2 aromatic rings. The third kappa shape index (κ3) is 1.47. The second-order valence-electron chi connectivity index (χ2n) is 7.33. The Hall–Kier alpha value is -1.39. The summed E-state index contributed by atoms with van der Waals surface area (Å²) in [5.41, 5.74) is 0.500. The van der Waals surface area contributed by atoms with Gasteiger partial charge in [0.2, 0.25) is 0 Å². The largest absolute Gasteiger partial charge is 0.549 e. The molecule has 0 spiro atoms. The first-order chi connectivity index (χ1) is 10.6. The van der Waals surface area contributed by atoms with Crippen molar-refractivity contribution in [2.75, 3.05) is 0 Å². The van der Waals surface area contributed by atoms with Crippen molar-refractivity contribution >= 4 is 40.2 Å². The molecule has 1 aromatic heterocycles. The van der Waals surface area contributed by atoms with E-state index in [1.807, 2.05) is 13.8 Å². The molecule has 1 heterocycles. The van der Waals surface area contributed by atoms with Crippen LogP contribution in [0, 0.1) is 5.41 Å². The van der Waals surface area contributed by atoms with E-state index in [2.05, 4.69) is 11.9 Å². The maximum Gasteiger partial charge on any atom is 0.0906 e. The second-order valence-corrected chi connectivity index (χ2v) is 8.14. The fraction of sp³-hybridized carbons (Fsp3) is 0.471. The summed E-state index contributed by atoms with van der Waals surface area (Å²) in [6, 6.07) is 3.32. The molecule has 0 N–H and O–H groups in total. The molecule has 4 nitrogen and oxygen atoms in total. The molecule has 2 aliphatic carbocycles. The van der Waals surface area contributed by atoms with Gasteiger partial charge in [0.1, 0.15) is 0 Å². The number of carbonyl (C=O) groups excluding carboxylic acids is 1. The molecule has 1 aromatic carbocycles. The molecule has 6 heteroatoms. The third-order valence-corrected chi connectivity index (χ3v) is 7.15.